The summed E-state index contributed by atoms with van der Waals surface area (Å²) in [7, 11) is 0. The van der Waals surface area contributed by atoms with Crippen molar-refractivity contribution in [2.75, 3.05) is 18.6 Å². The molecule has 3 nitrogen and oxygen atoms in total. The molecule has 0 fully saturated rings. The minimum absolute atomic E-state index is 0.882. The summed E-state index contributed by atoms with van der Waals surface area (Å²) in [5, 5.41) is 7.75. The zero-order valence-electron chi connectivity index (χ0n) is 9.97. The largest absolute Gasteiger partial charge is 0.312 e. The molecule has 0 saturated carbocycles. The van der Waals surface area contributed by atoms with Crippen molar-refractivity contribution in [1.82, 2.24) is 15.1 Å². The van der Waals surface area contributed by atoms with Gasteiger partial charge in [0, 0.05) is 30.6 Å². The highest BCUT2D eigenvalue weighted by atomic mass is 32.2. The van der Waals surface area contributed by atoms with E-state index in [4.69, 9.17) is 0 Å². The van der Waals surface area contributed by atoms with Gasteiger partial charge in [-0.1, -0.05) is 18.2 Å². The van der Waals surface area contributed by atoms with Crippen LogP contribution >= 0.6 is 11.8 Å². The van der Waals surface area contributed by atoms with Gasteiger partial charge in [-0.05, 0) is 18.4 Å². The van der Waals surface area contributed by atoms with Gasteiger partial charge < -0.3 is 5.32 Å². The van der Waals surface area contributed by atoms with Crippen LogP contribution in [-0.4, -0.2) is 28.3 Å². The fourth-order valence-corrected chi connectivity index (χ4v) is 1.93. The van der Waals surface area contributed by atoms with Gasteiger partial charge in [0.15, 0.2) is 0 Å². The quantitative estimate of drug-likeness (QED) is 0.795. The molecule has 0 aliphatic rings. The van der Waals surface area contributed by atoms with Crippen LogP contribution in [0.4, 0.5) is 0 Å². The van der Waals surface area contributed by atoms with Crippen molar-refractivity contribution < 1.29 is 0 Å². The lowest BCUT2D eigenvalue weighted by atomic mass is 10.3. The van der Waals surface area contributed by atoms with Crippen LogP contribution in [0.2, 0.25) is 0 Å². The summed E-state index contributed by atoms with van der Waals surface area (Å²) in [6.07, 6.45) is 6.11. The van der Waals surface area contributed by atoms with Gasteiger partial charge in [0.25, 0.3) is 0 Å². The molecule has 2 aromatic rings. The summed E-state index contributed by atoms with van der Waals surface area (Å²) in [6, 6.07) is 10.2. The minimum Gasteiger partial charge on any atom is -0.312 e. The molecule has 0 saturated heterocycles. The third-order valence-electron chi connectivity index (χ3n) is 2.47. The first-order valence-corrected chi connectivity index (χ1v) is 7.08. The van der Waals surface area contributed by atoms with Gasteiger partial charge in [-0.15, -0.1) is 0 Å². The van der Waals surface area contributed by atoms with Crippen molar-refractivity contribution in [3.05, 3.63) is 48.3 Å². The average Bonchev–Trinajstić information content (AvgIpc) is 2.85. The Morgan fingerprint density at radius 2 is 2.12 bits per heavy atom. The third-order valence-corrected chi connectivity index (χ3v) is 3.08. The summed E-state index contributed by atoms with van der Waals surface area (Å²) in [6.45, 7) is 1.92. The van der Waals surface area contributed by atoms with Crippen LogP contribution < -0.4 is 5.32 Å². The van der Waals surface area contributed by atoms with E-state index in [0.29, 0.717) is 0 Å². The lowest BCUT2D eigenvalue weighted by molar-refractivity contribution is 0.732. The topological polar surface area (TPSA) is 29.9 Å². The Morgan fingerprint density at radius 1 is 1.29 bits per heavy atom. The van der Waals surface area contributed by atoms with Gasteiger partial charge in [0.2, 0.25) is 0 Å². The van der Waals surface area contributed by atoms with Crippen LogP contribution in [0.25, 0.3) is 5.69 Å². The molecule has 0 aliphatic carbocycles. The second-order valence-corrected chi connectivity index (χ2v) is 4.78. The lowest BCUT2D eigenvalue weighted by Gasteiger charge is -2.01. The Hall–Kier alpha value is -1.26. The van der Waals surface area contributed by atoms with Crippen molar-refractivity contribution in [3.8, 4) is 5.69 Å². The monoisotopic (exact) mass is 247 g/mol. The number of nitrogens with zero attached hydrogens (tertiary/aromatic N) is 2. The molecule has 2 rings (SSSR count). The molecule has 0 aliphatic heterocycles. The minimum atomic E-state index is 0.882. The number of benzene rings is 1. The molecule has 0 atom stereocenters. The number of thioether (sulfide) groups is 1. The number of rotatable bonds is 6. The Bertz CT molecular complexity index is 439. The van der Waals surface area contributed by atoms with Crippen LogP contribution in [0.5, 0.6) is 0 Å². The van der Waals surface area contributed by atoms with E-state index in [1.54, 1.807) is 0 Å². The smallest absolute Gasteiger partial charge is 0.0645 e. The van der Waals surface area contributed by atoms with E-state index in [2.05, 4.69) is 35.0 Å². The predicted molar refractivity (Wildman–Crippen MR) is 73.7 cm³/mol. The van der Waals surface area contributed by atoms with Crippen LogP contribution in [0.15, 0.2) is 42.7 Å². The van der Waals surface area contributed by atoms with Gasteiger partial charge in [0.05, 0.1) is 11.9 Å². The molecule has 17 heavy (non-hydrogen) atoms. The molecule has 90 valence electrons. The van der Waals surface area contributed by atoms with Gasteiger partial charge in [-0.2, -0.15) is 16.9 Å². The molecular weight excluding hydrogens is 230 g/mol. The second-order valence-electron chi connectivity index (χ2n) is 3.80. The SMILES string of the molecule is CSCCNCc1cnn(-c2ccccc2)c1. The summed E-state index contributed by atoms with van der Waals surface area (Å²) in [5.41, 5.74) is 2.32. The molecule has 4 heteroatoms. The van der Waals surface area contributed by atoms with E-state index in [1.165, 1.54) is 5.56 Å². The molecule has 1 heterocycles. The van der Waals surface area contributed by atoms with Crippen LogP contribution in [0, 0.1) is 0 Å². The van der Waals surface area contributed by atoms with Crippen LogP contribution in [0.1, 0.15) is 5.56 Å². The number of nitrogens with one attached hydrogen (secondary N) is 1. The second kappa shape index (κ2) is 6.47. The number of para-hydroxylation sites is 1. The van der Waals surface area contributed by atoms with Crippen molar-refractivity contribution in [3.63, 3.8) is 0 Å². The highest BCUT2D eigenvalue weighted by Gasteiger charge is 1.99. The first-order chi connectivity index (χ1) is 8.40. The van der Waals surface area contributed by atoms with Gasteiger partial charge in [-0.25, -0.2) is 4.68 Å². The Labute approximate surface area is 106 Å². The number of hydrogen-bond acceptors (Lipinski definition) is 3. The Balaban J connectivity index is 1.92. The fraction of sp³-hybridized carbons (Fsp3) is 0.308. The molecule has 1 N–H and O–H groups in total. The molecule has 0 spiro atoms. The first kappa shape index (κ1) is 12.2. The zero-order valence-corrected chi connectivity index (χ0v) is 10.8. The van der Waals surface area contributed by atoms with E-state index < -0.39 is 0 Å². The number of aromatic nitrogens is 2. The van der Waals surface area contributed by atoms with Crippen molar-refractivity contribution in [1.29, 1.82) is 0 Å². The Kier molecular flexibility index (Phi) is 4.64. The maximum absolute atomic E-state index is 4.36. The number of hydrogen-bond donors (Lipinski definition) is 1. The molecule has 0 amide bonds. The predicted octanol–water partition coefficient (Wildman–Crippen LogP) is 2.32. The molecule has 1 aromatic heterocycles. The maximum Gasteiger partial charge on any atom is 0.0645 e. The maximum atomic E-state index is 4.36. The van der Waals surface area contributed by atoms with Crippen LogP contribution in [0.3, 0.4) is 0 Å². The summed E-state index contributed by atoms with van der Waals surface area (Å²) in [5.74, 6) is 1.15. The van der Waals surface area contributed by atoms with Gasteiger partial charge >= 0.3 is 0 Å². The van der Waals surface area contributed by atoms with E-state index >= 15 is 0 Å². The summed E-state index contributed by atoms with van der Waals surface area (Å²) >= 11 is 1.86. The van der Waals surface area contributed by atoms with Crippen molar-refractivity contribution in [2.24, 2.45) is 0 Å². The van der Waals surface area contributed by atoms with Gasteiger partial charge in [-0.3, -0.25) is 0 Å². The molecule has 0 bridgehead atoms. The molecular formula is C13H17N3S. The molecule has 1 aromatic carbocycles. The molecule has 0 radical (unpaired) electrons. The highest BCUT2D eigenvalue weighted by Crippen LogP contribution is 2.07. The lowest BCUT2D eigenvalue weighted by Crippen LogP contribution is -2.15. The highest BCUT2D eigenvalue weighted by molar-refractivity contribution is 7.98. The van der Waals surface area contributed by atoms with Crippen molar-refractivity contribution >= 4 is 11.8 Å². The third kappa shape index (κ3) is 3.61. The molecule has 0 unspecified atom stereocenters. The Morgan fingerprint density at radius 3 is 2.88 bits per heavy atom. The van der Waals surface area contributed by atoms with E-state index in [0.717, 1.165) is 24.5 Å². The van der Waals surface area contributed by atoms with Crippen LogP contribution in [-0.2, 0) is 6.54 Å². The van der Waals surface area contributed by atoms with E-state index in [1.807, 2.05) is 40.8 Å². The summed E-state index contributed by atoms with van der Waals surface area (Å²) < 4.78 is 1.91. The summed E-state index contributed by atoms with van der Waals surface area (Å²) in [4.78, 5) is 0. The normalized spacial score (nSPS) is 10.6. The standard InChI is InChI=1S/C13H17N3S/c1-17-8-7-14-9-12-10-15-16(11-12)13-5-3-2-4-6-13/h2-6,10-11,14H,7-9H2,1H3. The average molecular weight is 247 g/mol. The van der Waals surface area contributed by atoms with Crippen molar-refractivity contribution in [2.45, 2.75) is 6.54 Å². The fourth-order valence-electron chi connectivity index (χ4n) is 1.58. The van der Waals surface area contributed by atoms with Gasteiger partial charge in [0.1, 0.15) is 0 Å². The van der Waals surface area contributed by atoms with E-state index in [-0.39, 0.29) is 0 Å². The zero-order chi connectivity index (χ0) is 11.9. The first-order valence-electron chi connectivity index (χ1n) is 5.69. The van der Waals surface area contributed by atoms with E-state index in [9.17, 15) is 0 Å².